The number of nitrogens with zero attached hydrogens (tertiary/aromatic N) is 2. The van der Waals surface area contributed by atoms with E-state index >= 15 is 0 Å². The van der Waals surface area contributed by atoms with Crippen molar-refractivity contribution in [1.82, 2.24) is 0 Å². The van der Waals surface area contributed by atoms with Crippen LogP contribution in [0.1, 0.15) is 5.56 Å². The minimum Gasteiger partial charge on any atom is -0.258 e. The van der Waals surface area contributed by atoms with Crippen molar-refractivity contribution in [3.63, 3.8) is 0 Å². The molecule has 0 radical (unpaired) electrons. The zero-order chi connectivity index (χ0) is 13.0. The fourth-order valence-electron chi connectivity index (χ4n) is 1.36. The fraction of sp³-hybridized carbons (Fsp3) is 0. The van der Waals surface area contributed by atoms with Gasteiger partial charge < -0.3 is 0 Å². The van der Waals surface area contributed by atoms with Gasteiger partial charge in [-0.15, -0.1) is 0 Å². The molecule has 0 bridgehead atoms. The maximum Gasteiger partial charge on any atom is 0.269 e. The van der Waals surface area contributed by atoms with Crippen LogP contribution in [0, 0.1) is 15.9 Å². The summed E-state index contributed by atoms with van der Waals surface area (Å²) in [5.74, 6) is -0.315. The molecular weight excluding hydrogens is 235 g/mol. The van der Waals surface area contributed by atoms with E-state index in [2.05, 4.69) is 4.99 Å². The van der Waals surface area contributed by atoms with E-state index in [9.17, 15) is 14.5 Å². The van der Waals surface area contributed by atoms with E-state index < -0.39 is 4.92 Å². The van der Waals surface area contributed by atoms with Crippen LogP contribution in [0.15, 0.2) is 53.5 Å². The Hall–Kier alpha value is -2.56. The molecule has 0 aliphatic heterocycles. The summed E-state index contributed by atoms with van der Waals surface area (Å²) in [6.45, 7) is 0. The number of aliphatic imine (C=N–C) groups is 1. The minimum absolute atomic E-state index is 0.0360. The molecule has 0 aliphatic carbocycles. The van der Waals surface area contributed by atoms with Crippen molar-refractivity contribution in [2.45, 2.75) is 0 Å². The monoisotopic (exact) mass is 244 g/mol. The van der Waals surface area contributed by atoms with E-state index in [-0.39, 0.29) is 11.5 Å². The van der Waals surface area contributed by atoms with E-state index in [0.717, 1.165) is 5.56 Å². The molecule has 0 atom stereocenters. The predicted octanol–water partition coefficient (Wildman–Crippen LogP) is 3.48. The van der Waals surface area contributed by atoms with Crippen LogP contribution in [0.25, 0.3) is 0 Å². The molecule has 2 rings (SSSR count). The van der Waals surface area contributed by atoms with E-state index in [4.69, 9.17) is 0 Å². The standard InChI is InChI=1S/C13H9FN2O2/c14-11-3-5-12(6-4-11)15-9-10-1-7-13(8-2-10)16(17)18/h1-9H/b15-9+. The molecule has 18 heavy (non-hydrogen) atoms. The van der Waals surface area contributed by atoms with Gasteiger partial charge in [0.2, 0.25) is 0 Å². The largest absolute Gasteiger partial charge is 0.269 e. The zero-order valence-corrected chi connectivity index (χ0v) is 9.29. The molecule has 0 heterocycles. The Labute approximate surface area is 103 Å². The van der Waals surface area contributed by atoms with Gasteiger partial charge in [-0.1, -0.05) is 0 Å². The average molecular weight is 244 g/mol. The molecule has 2 aromatic carbocycles. The van der Waals surface area contributed by atoms with E-state index in [1.54, 1.807) is 30.5 Å². The Morgan fingerprint density at radius 3 is 2.22 bits per heavy atom. The quantitative estimate of drug-likeness (QED) is 0.471. The summed E-state index contributed by atoms with van der Waals surface area (Å²) >= 11 is 0. The maximum atomic E-state index is 12.7. The van der Waals surface area contributed by atoms with Gasteiger partial charge >= 0.3 is 0 Å². The molecule has 0 aliphatic rings. The van der Waals surface area contributed by atoms with Crippen molar-refractivity contribution in [3.05, 3.63) is 70.0 Å². The van der Waals surface area contributed by atoms with Crippen LogP contribution < -0.4 is 0 Å². The zero-order valence-electron chi connectivity index (χ0n) is 9.29. The lowest BCUT2D eigenvalue weighted by Crippen LogP contribution is -1.88. The van der Waals surface area contributed by atoms with Gasteiger partial charge in [0.25, 0.3) is 5.69 Å². The molecular formula is C13H9FN2O2. The van der Waals surface area contributed by atoms with Crippen molar-refractivity contribution >= 4 is 17.6 Å². The van der Waals surface area contributed by atoms with E-state index in [1.807, 2.05) is 0 Å². The summed E-state index contributed by atoms with van der Waals surface area (Å²) < 4.78 is 12.7. The van der Waals surface area contributed by atoms with Crippen LogP contribution in [-0.2, 0) is 0 Å². The molecule has 0 aromatic heterocycles. The summed E-state index contributed by atoms with van der Waals surface area (Å²) in [6, 6.07) is 11.8. The van der Waals surface area contributed by atoms with Gasteiger partial charge in [0.15, 0.2) is 0 Å². The SMILES string of the molecule is O=[N+]([O-])c1ccc(/C=N/c2ccc(F)cc2)cc1. The minimum atomic E-state index is -0.457. The first-order valence-corrected chi connectivity index (χ1v) is 5.19. The summed E-state index contributed by atoms with van der Waals surface area (Å²) in [5, 5.41) is 10.5. The number of rotatable bonds is 3. The summed E-state index contributed by atoms with van der Waals surface area (Å²) in [4.78, 5) is 14.1. The van der Waals surface area contributed by atoms with Gasteiger partial charge in [0.05, 0.1) is 10.6 Å². The first-order chi connectivity index (χ1) is 8.65. The van der Waals surface area contributed by atoms with Crippen molar-refractivity contribution < 1.29 is 9.31 Å². The number of nitro benzene ring substituents is 1. The highest BCUT2D eigenvalue weighted by Gasteiger charge is 2.02. The Bertz CT molecular complexity index is 577. The summed E-state index contributed by atoms with van der Waals surface area (Å²) in [7, 11) is 0. The molecule has 90 valence electrons. The van der Waals surface area contributed by atoms with Crippen molar-refractivity contribution in [1.29, 1.82) is 0 Å². The van der Waals surface area contributed by atoms with Crippen molar-refractivity contribution in [2.75, 3.05) is 0 Å². The van der Waals surface area contributed by atoms with Gasteiger partial charge in [-0.25, -0.2) is 4.39 Å². The summed E-state index contributed by atoms with van der Waals surface area (Å²) in [6.07, 6.45) is 1.57. The van der Waals surface area contributed by atoms with Crippen molar-refractivity contribution in [2.24, 2.45) is 4.99 Å². The third-order valence-corrected chi connectivity index (χ3v) is 2.29. The molecule has 0 N–H and O–H groups in total. The fourth-order valence-corrected chi connectivity index (χ4v) is 1.36. The smallest absolute Gasteiger partial charge is 0.258 e. The number of non-ortho nitro benzene ring substituents is 1. The van der Waals surface area contributed by atoms with Crippen molar-refractivity contribution in [3.8, 4) is 0 Å². The molecule has 0 saturated carbocycles. The molecule has 2 aromatic rings. The Morgan fingerprint density at radius 2 is 1.67 bits per heavy atom. The molecule has 4 nitrogen and oxygen atoms in total. The second-order valence-electron chi connectivity index (χ2n) is 3.58. The molecule has 5 heteroatoms. The van der Waals surface area contributed by atoms with Gasteiger partial charge in [0, 0.05) is 18.3 Å². The maximum absolute atomic E-state index is 12.7. The van der Waals surface area contributed by atoms with Gasteiger partial charge in [-0.05, 0) is 42.0 Å². The average Bonchev–Trinajstić information content (AvgIpc) is 2.38. The molecule has 0 spiro atoms. The van der Waals surface area contributed by atoms with Crippen LogP contribution in [0.4, 0.5) is 15.8 Å². The molecule has 0 amide bonds. The topological polar surface area (TPSA) is 55.5 Å². The highest BCUT2D eigenvalue weighted by atomic mass is 19.1. The van der Waals surface area contributed by atoms with Gasteiger partial charge in [0.1, 0.15) is 5.82 Å². The van der Waals surface area contributed by atoms with Crippen LogP contribution in [0.2, 0.25) is 0 Å². The first-order valence-electron chi connectivity index (χ1n) is 5.19. The molecule has 0 fully saturated rings. The van der Waals surface area contributed by atoms with Crippen LogP contribution >= 0.6 is 0 Å². The third-order valence-electron chi connectivity index (χ3n) is 2.29. The van der Waals surface area contributed by atoms with Crippen LogP contribution in [-0.4, -0.2) is 11.1 Å². The number of hydrogen-bond acceptors (Lipinski definition) is 3. The first kappa shape index (κ1) is 11.9. The van der Waals surface area contributed by atoms with E-state index in [1.165, 1.54) is 24.3 Å². The van der Waals surface area contributed by atoms with Crippen LogP contribution in [0.3, 0.4) is 0 Å². The lowest BCUT2D eigenvalue weighted by Gasteiger charge is -1.95. The second kappa shape index (κ2) is 5.18. The normalized spacial score (nSPS) is 10.7. The third kappa shape index (κ3) is 2.98. The van der Waals surface area contributed by atoms with Gasteiger partial charge in [-0.3, -0.25) is 15.1 Å². The second-order valence-corrected chi connectivity index (χ2v) is 3.58. The Kier molecular flexibility index (Phi) is 3.43. The summed E-state index contributed by atoms with van der Waals surface area (Å²) in [5.41, 5.74) is 1.40. The van der Waals surface area contributed by atoms with E-state index in [0.29, 0.717) is 5.69 Å². The lowest BCUT2D eigenvalue weighted by atomic mass is 10.2. The molecule has 0 unspecified atom stereocenters. The lowest BCUT2D eigenvalue weighted by molar-refractivity contribution is -0.384. The number of benzene rings is 2. The predicted molar refractivity (Wildman–Crippen MR) is 66.8 cm³/mol. The highest BCUT2D eigenvalue weighted by Crippen LogP contribution is 2.14. The number of halogens is 1. The van der Waals surface area contributed by atoms with Crippen LogP contribution in [0.5, 0.6) is 0 Å². The number of nitro groups is 1. The number of hydrogen-bond donors (Lipinski definition) is 0. The highest BCUT2D eigenvalue weighted by molar-refractivity contribution is 5.82. The van der Waals surface area contributed by atoms with Gasteiger partial charge in [-0.2, -0.15) is 0 Å². The Balaban J connectivity index is 2.13. The molecule has 0 saturated heterocycles. The Morgan fingerprint density at radius 1 is 1.06 bits per heavy atom.